The maximum Gasteiger partial charge on any atom is 0.235 e. The Labute approximate surface area is 68.1 Å². The summed E-state index contributed by atoms with van der Waals surface area (Å²) in [6, 6.07) is 1.93. The Balaban J connectivity index is 2.79. The molecule has 4 heteroatoms. The molecule has 0 unspecified atom stereocenters. The summed E-state index contributed by atoms with van der Waals surface area (Å²) >= 11 is 1.50. The summed E-state index contributed by atoms with van der Waals surface area (Å²) in [5.41, 5.74) is 1.08. The van der Waals surface area contributed by atoms with Crippen molar-refractivity contribution in [3.8, 4) is 0 Å². The van der Waals surface area contributed by atoms with Crippen LogP contribution in [0.2, 0.25) is 0 Å². The van der Waals surface area contributed by atoms with Gasteiger partial charge in [-0.25, -0.2) is 0 Å². The van der Waals surface area contributed by atoms with E-state index in [1.165, 1.54) is 17.4 Å². The van der Waals surface area contributed by atoms with E-state index in [-0.39, 0.29) is 0 Å². The lowest BCUT2D eigenvalue weighted by molar-refractivity contribution is -0.400. The van der Waals surface area contributed by atoms with Crippen LogP contribution in [0.15, 0.2) is 17.6 Å². The van der Waals surface area contributed by atoms with E-state index >= 15 is 0 Å². The standard InChI is InChI=1S/C7H7NO2S/c1-6-3-5-11-7(6)2-4-8(9)10/h2-5H,1H3/b4-2+. The Morgan fingerprint density at radius 1 is 1.73 bits per heavy atom. The van der Waals surface area contributed by atoms with Crippen LogP contribution in [0.3, 0.4) is 0 Å². The molecule has 0 atom stereocenters. The zero-order valence-corrected chi connectivity index (χ0v) is 6.80. The number of hydrogen-bond acceptors (Lipinski definition) is 3. The van der Waals surface area contributed by atoms with Gasteiger partial charge in [-0.3, -0.25) is 10.1 Å². The van der Waals surface area contributed by atoms with Gasteiger partial charge in [0.25, 0.3) is 0 Å². The highest BCUT2D eigenvalue weighted by atomic mass is 32.1. The third-order valence-electron chi connectivity index (χ3n) is 1.25. The molecular formula is C7H7NO2S. The molecule has 0 aliphatic carbocycles. The number of nitrogens with zero attached hydrogens (tertiary/aromatic N) is 1. The van der Waals surface area contributed by atoms with E-state index in [4.69, 9.17) is 0 Å². The smallest absolute Gasteiger partial charge is 0.235 e. The van der Waals surface area contributed by atoms with Gasteiger partial charge in [0, 0.05) is 11.0 Å². The summed E-state index contributed by atoms with van der Waals surface area (Å²) in [7, 11) is 0. The fourth-order valence-corrected chi connectivity index (χ4v) is 1.50. The van der Waals surface area contributed by atoms with Crippen molar-refractivity contribution in [3.63, 3.8) is 0 Å². The molecule has 1 aromatic heterocycles. The van der Waals surface area contributed by atoms with Gasteiger partial charge in [-0.1, -0.05) is 0 Å². The van der Waals surface area contributed by atoms with Gasteiger partial charge >= 0.3 is 0 Å². The van der Waals surface area contributed by atoms with Crippen molar-refractivity contribution in [2.24, 2.45) is 0 Å². The lowest BCUT2D eigenvalue weighted by Crippen LogP contribution is -1.81. The Morgan fingerprint density at radius 3 is 2.91 bits per heavy atom. The highest BCUT2D eigenvalue weighted by Crippen LogP contribution is 2.16. The number of rotatable bonds is 2. The lowest BCUT2D eigenvalue weighted by Gasteiger charge is -1.84. The average molecular weight is 169 g/mol. The first-order valence-electron chi connectivity index (χ1n) is 3.06. The second-order valence-electron chi connectivity index (χ2n) is 2.07. The molecule has 0 aliphatic rings. The van der Waals surface area contributed by atoms with Gasteiger partial charge in [0.15, 0.2) is 0 Å². The fourth-order valence-electron chi connectivity index (χ4n) is 0.684. The molecule has 1 aromatic rings. The molecule has 11 heavy (non-hydrogen) atoms. The molecule has 0 fully saturated rings. The summed E-state index contributed by atoms with van der Waals surface area (Å²) in [5, 5.41) is 11.8. The molecule has 3 nitrogen and oxygen atoms in total. The van der Waals surface area contributed by atoms with Crippen molar-refractivity contribution in [3.05, 3.63) is 38.2 Å². The van der Waals surface area contributed by atoms with Gasteiger partial charge in [0.2, 0.25) is 6.20 Å². The minimum absolute atomic E-state index is 0.459. The highest BCUT2D eigenvalue weighted by Gasteiger charge is 1.95. The molecule has 0 spiro atoms. The molecule has 0 bridgehead atoms. The quantitative estimate of drug-likeness (QED) is 0.503. The van der Waals surface area contributed by atoms with E-state index in [1.54, 1.807) is 0 Å². The van der Waals surface area contributed by atoms with Crippen molar-refractivity contribution >= 4 is 17.4 Å². The average Bonchev–Trinajstić information content (AvgIpc) is 2.31. The van der Waals surface area contributed by atoms with Crippen LogP contribution in [0.1, 0.15) is 10.4 Å². The Kier molecular flexibility index (Phi) is 2.38. The summed E-state index contributed by atoms with van der Waals surface area (Å²) in [6.07, 6.45) is 2.47. The maximum absolute atomic E-state index is 9.93. The van der Waals surface area contributed by atoms with E-state index in [0.29, 0.717) is 0 Å². The third-order valence-corrected chi connectivity index (χ3v) is 2.23. The maximum atomic E-state index is 9.93. The SMILES string of the molecule is Cc1ccsc1/C=C/[N+](=O)[O-]. The number of thiophene rings is 1. The second-order valence-corrected chi connectivity index (χ2v) is 3.02. The van der Waals surface area contributed by atoms with Crippen LogP contribution in [0.5, 0.6) is 0 Å². The molecule has 0 amide bonds. The van der Waals surface area contributed by atoms with Crippen molar-refractivity contribution in [1.82, 2.24) is 0 Å². The van der Waals surface area contributed by atoms with Crippen molar-refractivity contribution in [2.45, 2.75) is 6.92 Å². The second kappa shape index (κ2) is 3.30. The molecule has 1 rings (SSSR count). The first-order valence-corrected chi connectivity index (χ1v) is 3.94. The molecule has 0 saturated carbocycles. The van der Waals surface area contributed by atoms with E-state index in [1.807, 2.05) is 18.4 Å². The van der Waals surface area contributed by atoms with Crippen molar-refractivity contribution in [2.75, 3.05) is 0 Å². The molecule has 0 saturated heterocycles. The predicted molar refractivity (Wildman–Crippen MR) is 45.1 cm³/mol. The summed E-state index contributed by atoms with van der Waals surface area (Å²) < 4.78 is 0. The minimum atomic E-state index is -0.459. The van der Waals surface area contributed by atoms with Crippen LogP contribution < -0.4 is 0 Å². The number of hydrogen-bond donors (Lipinski definition) is 0. The fraction of sp³-hybridized carbons (Fsp3) is 0.143. The van der Waals surface area contributed by atoms with Crippen LogP contribution in [0.4, 0.5) is 0 Å². The van der Waals surface area contributed by atoms with Gasteiger partial charge in [0.05, 0.1) is 4.92 Å². The highest BCUT2D eigenvalue weighted by molar-refractivity contribution is 7.11. The van der Waals surface area contributed by atoms with E-state index in [9.17, 15) is 10.1 Å². The van der Waals surface area contributed by atoms with Gasteiger partial charge in [-0.15, -0.1) is 11.3 Å². The normalized spacial score (nSPS) is 10.6. The summed E-state index contributed by atoms with van der Waals surface area (Å²) in [4.78, 5) is 10.4. The van der Waals surface area contributed by atoms with E-state index in [2.05, 4.69) is 0 Å². The Morgan fingerprint density at radius 2 is 2.45 bits per heavy atom. The molecule has 0 N–H and O–H groups in total. The number of aryl methyl sites for hydroxylation is 1. The zero-order valence-electron chi connectivity index (χ0n) is 5.98. The van der Waals surface area contributed by atoms with Gasteiger partial charge < -0.3 is 0 Å². The van der Waals surface area contributed by atoms with Crippen molar-refractivity contribution in [1.29, 1.82) is 0 Å². The Bertz CT molecular complexity index is 290. The molecule has 0 radical (unpaired) electrons. The lowest BCUT2D eigenvalue weighted by atomic mass is 10.3. The van der Waals surface area contributed by atoms with E-state index < -0.39 is 4.92 Å². The van der Waals surface area contributed by atoms with E-state index in [0.717, 1.165) is 16.6 Å². The first kappa shape index (κ1) is 7.94. The van der Waals surface area contributed by atoms with Crippen LogP contribution in [0.25, 0.3) is 6.08 Å². The molecular weight excluding hydrogens is 162 g/mol. The van der Waals surface area contributed by atoms with Crippen LogP contribution in [-0.4, -0.2) is 4.92 Å². The predicted octanol–water partition coefficient (Wildman–Crippen LogP) is 2.30. The molecule has 0 aliphatic heterocycles. The third kappa shape index (κ3) is 2.16. The molecule has 58 valence electrons. The summed E-state index contributed by atoms with van der Waals surface area (Å²) in [6.45, 7) is 1.93. The number of nitro groups is 1. The van der Waals surface area contributed by atoms with Crippen LogP contribution >= 0.6 is 11.3 Å². The van der Waals surface area contributed by atoms with Crippen molar-refractivity contribution < 1.29 is 4.92 Å². The summed E-state index contributed by atoms with van der Waals surface area (Å²) in [5.74, 6) is 0. The van der Waals surface area contributed by atoms with Gasteiger partial charge in [0.1, 0.15) is 0 Å². The largest absolute Gasteiger partial charge is 0.259 e. The molecule has 1 heterocycles. The van der Waals surface area contributed by atoms with Crippen LogP contribution in [-0.2, 0) is 0 Å². The van der Waals surface area contributed by atoms with Crippen LogP contribution in [0, 0.1) is 17.0 Å². The monoisotopic (exact) mass is 169 g/mol. The Hall–Kier alpha value is -1.16. The minimum Gasteiger partial charge on any atom is -0.259 e. The topological polar surface area (TPSA) is 43.1 Å². The first-order chi connectivity index (χ1) is 5.20. The van der Waals surface area contributed by atoms with Gasteiger partial charge in [-0.2, -0.15) is 0 Å². The molecule has 0 aromatic carbocycles. The zero-order chi connectivity index (χ0) is 8.27. The van der Waals surface area contributed by atoms with Gasteiger partial charge in [-0.05, 0) is 23.9 Å².